The number of carbonyl (C=O) groups excluding carboxylic acids is 1. The number of benzene rings is 2. The lowest BCUT2D eigenvalue weighted by Gasteiger charge is -2.32. The van der Waals surface area contributed by atoms with Crippen LogP contribution in [0.3, 0.4) is 0 Å². The van der Waals surface area contributed by atoms with Crippen LogP contribution in [0.1, 0.15) is 44.1 Å². The minimum Gasteiger partial charge on any atom is -0.494 e. The van der Waals surface area contributed by atoms with Crippen molar-refractivity contribution in [2.45, 2.75) is 44.9 Å². The SMILES string of the molecule is O=C1C=CC(CN2CCCCC2)=[N+]1c1ccc(OCCCN2CCC(Cc3ccccc3)CC2)cc1. The normalized spacial score (nSPS) is 19.8. The molecule has 3 aliphatic heterocycles. The number of hydrogen-bond acceptors (Lipinski definition) is 4. The zero-order valence-corrected chi connectivity index (χ0v) is 21.5. The third-order valence-electron chi connectivity index (χ3n) is 7.82. The number of piperidine rings is 2. The summed E-state index contributed by atoms with van der Waals surface area (Å²) in [6, 6.07) is 18.9. The fraction of sp³-hybridized carbons (Fsp3) is 0.484. The third-order valence-corrected chi connectivity index (χ3v) is 7.82. The van der Waals surface area contributed by atoms with E-state index in [0.29, 0.717) is 0 Å². The molecule has 2 aromatic carbocycles. The Morgan fingerprint density at radius 2 is 1.58 bits per heavy atom. The number of ether oxygens (including phenoxy) is 1. The second-order valence-corrected chi connectivity index (χ2v) is 10.5. The van der Waals surface area contributed by atoms with Gasteiger partial charge in [0.25, 0.3) is 0 Å². The van der Waals surface area contributed by atoms with Crippen LogP contribution in [0, 0.1) is 5.92 Å². The molecule has 36 heavy (non-hydrogen) atoms. The van der Waals surface area contributed by atoms with Gasteiger partial charge in [-0.25, -0.2) is 4.79 Å². The number of hydrogen-bond donors (Lipinski definition) is 0. The Balaban J connectivity index is 1.04. The van der Waals surface area contributed by atoms with Crippen LogP contribution in [-0.2, 0) is 11.2 Å². The van der Waals surface area contributed by atoms with Crippen LogP contribution < -0.4 is 4.74 Å². The first-order valence-electron chi connectivity index (χ1n) is 13.8. The van der Waals surface area contributed by atoms with Crippen molar-refractivity contribution >= 4 is 17.3 Å². The summed E-state index contributed by atoms with van der Waals surface area (Å²) in [7, 11) is 0. The predicted octanol–water partition coefficient (Wildman–Crippen LogP) is 5.08. The standard InChI is InChI=1S/C31H40N3O2/c35-31-15-12-29(25-33-18-5-2-6-19-33)34(31)28-10-13-30(14-11-28)36-23-7-20-32-21-16-27(17-22-32)24-26-8-3-1-4-9-26/h1,3-4,8-15,27H,2,5-7,16-25H2/q+1. The average Bonchev–Trinajstić information content (AvgIpc) is 3.28. The van der Waals surface area contributed by atoms with Crippen molar-refractivity contribution in [2.24, 2.45) is 5.92 Å². The first-order chi connectivity index (χ1) is 17.7. The lowest BCUT2D eigenvalue weighted by atomic mass is 9.90. The second kappa shape index (κ2) is 12.5. The number of amides is 1. The highest BCUT2D eigenvalue weighted by Gasteiger charge is 2.30. The van der Waals surface area contributed by atoms with E-state index in [4.69, 9.17) is 4.74 Å². The van der Waals surface area contributed by atoms with Gasteiger partial charge in [-0.2, -0.15) is 0 Å². The van der Waals surface area contributed by atoms with E-state index >= 15 is 0 Å². The second-order valence-electron chi connectivity index (χ2n) is 10.5. The maximum atomic E-state index is 12.5. The summed E-state index contributed by atoms with van der Waals surface area (Å²) < 4.78 is 7.88. The first-order valence-corrected chi connectivity index (χ1v) is 13.8. The van der Waals surface area contributed by atoms with Gasteiger partial charge >= 0.3 is 5.91 Å². The number of rotatable bonds is 10. The fourth-order valence-electron chi connectivity index (χ4n) is 5.75. The van der Waals surface area contributed by atoms with Crippen molar-refractivity contribution in [1.29, 1.82) is 0 Å². The van der Waals surface area contributed by atoms with Crippen molar-refractivity contribution in [3.63, 3.8) is 0 Å². The van der Waals surface area contributed by atoms with E-state index in [1.165, 1.54) is 57.2 Å². The molecule has 0 aromatic heterocycles. The van der Waals surface area contributed by atoms with Crippen molar-refractivity contribution in [3.05, 3.63) is 72.3 Å². The van der Waals surface area contributed by atoms with Crippen LogP contribution in [0.5, 0.6) is 5.75 Å². The van der Waals surface area contributed by atoms with Gasteiger partial charge in [-0.1, -0.05) is 36.8 Å². The summed E-state index contributed by atoms with van der Waals surface area (Å²) >= 11 is 0. The molecule has 2 saturated heterocycles. The fourth-order valence-corrected chi connectivity index (χ4v) is 5.75. The Morgan fingerprint density at radius 3 is 2.33 bits per heavy atom. The molecule has 0 aliphatic carbocycles. The zero-order chi connectivity index (χ0) is 24.6. The first kappa shape index (κ1) is 24.9. The third kappa shape index (κ3) is 6.71. The molecular weight excluding hydrogens is 446 g/mol. The molecule has 0 N–H and O–H groups in total. The van der Waals surface area contributed by atoms with Crippen LogP contribution in [0.2, 0.25) is 0 Å². The maximum absolute atomic E-state index is 12.5. The van der Waals surface area contributed by atoms with Crippen molar-refractivity contribution in [1.82, 2.24) is 9.80 Å². The van der Waals surface area contributed by atoms with Crippen LogP contribution in [0.4, 0.5) is 5.69 Å². The van der Waals surface area contributed by atoms with E-state index in [1.807, 2.05) is 34.9 Å². The van der Waals surface area contributed by atoms with Gasteiger partial charge in [-0.05, 0) is 88.3 Å². The van der Waals surface area contributed by atoms with Gasteiger partial charge in [0.15, 0.2) is 0 Å². The summed E-state index contributed by atoms with van der Waals surface area (Å²) in [6.45, 7) is 7.29. The maximum Gasteiger partial charge on any atom is 0.418 e. The van der Waals surface area contributed by atoms with Crippen LogP contribution >= 0.6 is 0 Å². The van der Waals surface area contributed by atoms with Crippen molar-refractivity contribution < 1.29 is 14.1 Å². The summed E-state index contributed by atoms with van der Waals surface area (Å²) in [5.74, 6) is 1.73. The molecule has 0 unspecified atom stereocenters. The van der Waals surface area contributed by atoms with Gasteiger partial charge < -0.3 is 9.64 Å². The Kier molecular flexibility index (Phi) is 8.63. The minimum absolute atomic E-state index is 0.0446. The van der Waals surface area contributed by atoms with Gasteiger partial charge in [-0.15, -0.1) is 4.58 Å². The molecule has 3 aliphatic rings. The van der Waals surface area contributed by atoms with Gasteiger partial charge in [0.2, 0.25) is 11.4 Å². The summed E-state index contributed by atoms with van der Waals surface area (Å²) in [4.78, 5) is 17.6. The molecule has 0 atom stereocenters. The molecular formula is C31H40N3O2+. The van der Waals surface area contributed by atoms with Gasteiger partial charge in [0.05, 0.1) is 19.2 Å². The number of likely N-dealkylation sites (tertiary alicyclic amines) is 2. The molecule has 5 nitrogen and oxygen atoms in total. The Labute approximate surface area is 216 Å². The van der Waals surface area contributed by atoms with E-state index in [1.54, 1.807) is 6.08 Å². The summed E-state index contributed by atoms with van der Waals surface area (Å²) in [5.41, 5.74) is 3.46. The molecule has 5 heteroatoms. The molecule has 0 saturated carbocycles. The Morgan fingerprint density at radius 1 is 0.833 bits per heavy atom. The molecule has 1 amide bonds. The van der Waals surface area contributed by atoms with E-state index in [0.717, 1.165) is 62.3 Å². The highest BCUT2D eigenvalue weighted by atomic mass is 16.5. The summed E-state index contributed by atoms with van der Waals surface area (Å²) in [5, 5.41) is 0. The van der Waals surface area contributed by atoms with E-state index in [2.05, 4.69) is 40.1 Å². The quantitative estimate of drug-likeness (QED) is 0.347. The molecule has 0 bridgehead atoms. The average molecular weight is 487 g/mol. The van der Waals surface area contributed by atoms with E-state index < -0.39 is 0 Å². The smallest absolute Gasteiger partial charge is 0.418 e. The Bertz CT molecular complexity index is 1050. The van der Waals surface area contributed by atoms with Crippen molar-refractivity contribution in [3.8, 4) is 5.75 Å². The largest absolute Gasteiger partial charge is 0.494 e. The molecule has 3 heterocycles. The predicted molar refractivity (Wildman–Crippen MR) is 145 cm³/mol. The van der Waals surface area contributed by atoms with E-state index in [9.17, 15) is 4.79 Å². The Hall–Kier alpha value is -2.76. The van der Waals surface area contributed by atoms with Crippen LogP contribution in [-0.4, -0.2) is 71.9 Å². The molecule has 190 valence electrons. The molecule has 0 radical (unpaired) electrons. The molecule has 2 fully saturated rings. The van der Waals surface area contributed by atoms with Crippen LogP contribution in [0.25, 0.3) is 0 Å². The molecule has 5 rings (SSSR count). The van der Waals surface area contributed by atoms with Gasteiger partial charge in [0, 0.05) is 24.8 Å². The van der Waals surface area contributed by atoms with Crippen LogP contribution in [0.15, 0.2) is 66.7 Å². The van der Waals surface area contributed by atoms with Crippen molar-refractivity contribution in [2.75, 3.05) is 45.9 Å². The summed E-state index contributed by atoms with van der Waals surface area (Å²) in [6.07, 6.45) is 12.3. The lowest BCUT2D eigenvalue weighted by Crippen LogP contribution is -2.36. The van der Waals surface area contributed by atoms with Gasteiger partial charge in [-0.3, -0.25) is 4.90 Å². The minimum atomic E-state index is 0.0446. The zero-order valence-electron chi connectivity index (χ0n) is 21.5. The number of nitrogens with zero attached hydrogens (tertiary/aromatic N) is 3. The highest BCUT2D eigenvalue weighted by molar-refractivity contribution is 6.06. The lowest BCUT2D eigenvalue weighted by molar-refractivity contribution is -0.358. The topological polar surface area (TPSA) is 35.8 Å². The number of carbonyl (C=O) groups is 1. The van der Waals surface area contributed by atoms with Gasteiger partial charge in [0.1, 0.15) is 5.75 Å². The molecule has 0 spiro atoms. The molecule has 2 aromatic rings. The van der Waals surface area contributed by atoms with E-state index in [-0.39, 0.29) is 5.91 Å². The monoisotopic (exact) mass is 486 g/mol. The highest BCUT2D eigenvalue weighted by Crippen LogP contribution is 2.23.